The van der Waals surface area contributed by atoms with Crippen LogP contribution < -0.4 is 16.0 Å². The van der Waals surface area contributed by atoms with Crippen molar-refractivity contribution in [3.63, 3.8) is 0 Å². The minimum atomic E-state index is -4.60. The molecular formula is C23H26F3N3O4. The van der Waals surface area contributed by atoms with E-state index in [-0.39, 0.29) is 12.0 Å². The third-order valence-electron chi connectivity index (χ3n) is 4.92. The average Bonchev–Trinajstić information content (AvgIpc) is 2.74. The molecule has 0 aliphatic rings. The molecule has 0 saturated carbocycles. The molecule has 2 amide bonds. The summed E-state index contributed by atoms with van der Waals surface area (Å²) in [5.74, 6) is -2.88. The summed E-state index contributed by atoms with van der Waals surface area (Å²) in [5, 5.41) is 17.0. The minimum Gasteiger partial charge on any atom is -0.480 e. The van der Waals surface area contributed by atoms with E-state index in [1.165, 1.54) is 6.07 Å². The number of amides is 2. The molecule has 0 aliphatic carbocycles. The van der Waals surface area contributed by atoms with Crippen LogP contribution in [0.15, 0.2) is 42.5 Å². The van der Waals surface area contributed by atoms with Gasteiger partial charge in [-0.3, -0.25) is 9.59 Å². The molecule has 4 N–H and O–H groups in total. The van der Waals surface area contributed by atoms with E-state index in [4.69, 9.17) is 0 Å². The molecular weight excluding hydrogens is 439 g/mol. The van der Waals surface area contributed by atoms with Crippen molar-refractivity contribution in [3.8, 4) is 0 Å². The molecule has 0 spiro atoms. The number of rotatable bonds is 10. The van der Waals surface area contributed by atoms with Gasteiger partial charge in [-0.15, -0.1) is 0 Å². The molecule has 2 aromatic rings. The Balaban J connectivity index is 1.81. The van der Waals surface area contributed by atoms with Crippen molar-refractivity contribution in [1.29, 1.82) is 0 Å². The smallest absolute Gasteiger partial charge is 0.416 e. The Morgan fingerprint density at radius 2 is 1.79 bits per heavy atom. The van der Waals surface area contributed by atoms with Crippen LogP contribution in [0.4, 0.5) is 13.2 Å². The molecule has 0 fully saturated rings. The monoisotopic (exact) mass is 465 g/mol. The number of carboxylic acids is 1. The van der Waals surface area contributed by atoms with Gasteiger partial charge in [-0.1, -0.05) is 29.8 Å². The van der Waals surface area contributed by atoms with Crippen molar-refractivity contribution in [2.24, 2.45) is 0 Å². The van der Waals surface area contributed by atoms with Crippen LogP contribution in [0.25, 0.3) is 0 Å². The van der Waals surface area contributed by atoms with Crippen molar-refractivity contribution < 1.29 is 32.7 Å². The molecule has 178 valence electrons. The molecule has 0 aliphatic heterocycles. The van der Waals surface area contributed by atoms with Gasteiger partial charge < -0.3 is 21.1 Å². The predicted octanol–water partition coefficient (Wildman–Crippen LogP) is 2.80. The summed E-state index contributed by atoms with van der Waals surface area (Å²) >= 11 is 0. The lowest BCUT2D eigenvalue weighted by atomic mass is 10.1. The molecule has 0 unspecified atom stereocenters. The number of alkyl halides is 3. The summed E-state index contributed by atoms with van der Waals surface area (Å²) in [6.45, 7) is 4.26. The Bertz CT molecular complexity index is 1010. The highest BCUT2D eigenvalue weighted by atomic mass is 19.4. The number of carboxylic acid groups (broad SMARTS) is 1. The molecule has 0 heterocycles. The maximum absolute atomic E-state index is 12.8. The van der Waals surface area contributed by atoms with Crippen LogP contribution in [0.2, 0.25) is 0 Å². The predicted molar refractivity (Wildman–Crippen MR) is 116 cm³/mol. The second-order valence-electron chi connectivity index (χ2n) is 7.61. The first-order chi connectivity index (χ1) is 15.5. The van der Waals surface area contributed by atoms with Gasteiger partial charge in [-0.2, -0.15) is 13.2 Å². The minimum absolute atomic E-state index is 0.105. The highest BCUT2D eigenvalue weighted by Crippen LogP contribution is 2.29. The number of halogens is 3. The van der Waals surface area contributed by atoms with E-state index < -0.39 is 42.1 Å². The highest BCUT2D eigenvalue weighted by Gasteiger charge is 2.31. The van der Waals surface area contributed by atoms with E-state index in [1.54, 1.807) is 0 Å². The van der Waals surface area contributed by atoms with Gasteiger partial charge in [0.15, 0.2) is 0 Å². The Kier molecular flexibility index (Phi) is 8.98. The van der Waals surface area contributed by atoms with Crippen LogP contribution in [0.3, 0.4) is 0 Å². The number of hydrogen-bond donors (Lipinski definition) is 4. The van der Waals surface area contributed by atoms with Crippen LogP contribution in [-0.2, 0) is 22.3 Å². The first kappa shape index (κ1) is 25.9. The van der Waals surface area contributed by atoms with Crippen LogP contribution in [-0.4, -0.2) is 42.0 Å². The van der Waals surface area contributed by atoms with Gasteiger partial charge in [0.2, 0.25) is 5.91 Å². The van der Waals surface area contributed by atoms with Crippen molar-refractivity contribution >= 4 is 17.8 Å². The molecule has 2 aromatic carbocycles. The first-order valence-electron chi connectivity index (χ1n) is 10.2. The molecule has 0 radical (unpaired) electrons. The zero-order valence-corrected chi connectivity index (χ0v) is 18.3. The van der Waals surface area contributed by atoms with Crippen molar-refractivity contribution in [2.45, 2.75) is 39.0 Å². The molecule has 33 heavy (non-hydrogen) atoms. The van der Waals surface area contributed by atoms with Gasteiger partial charge in [0.1, 0.15) is 6.04 Å². The lowest BCUT2D eigenvalue weighted by Crippen LogP contribution is -2.46. The molecule has 7 nitrogen and oxygen atoms in total. The number of aryl methyl sites for hydroxylation is 2. The fourth-order valence-corrected chi connectivity index (χ4v) is 3.12. The van der Waals surface area contributed by atoms with Gasteiger partial charge in [-0.25, -0.2) is 4.79 Å². The molecule has 0 aromatic heterocycles. The third-order valence-corrected chi connectivity index (χ3v) is 4.92. The first-order valence-corrected chi connectivity index (χ1v) is 10.2. The van der Waals surface area contributed by atoms with Gasteiger partial charge in [-0.05, 0) is 56.1 Å². The van der Waals surface area contributed by atoms with Crippen LogP contribution in [0.5, 0.6) is 0 Å². The zero-order chi connectivity index (χ0) is 24.6. The van der Waals surface area contributed by atoms with Gasteiger partial charge in [0, 0.05) is 12.1 Å². The van der Waals surface area contributed by atoms with Crippen LogP contribution >= 0.6 is 0 Å². The summed E-state index contributed by atoms with van der Waals surface area (Å²) in [5.41, 5.74) is 2.09. The quantitative estimate of drug-likeness (QED) is 0.404. The summed E-state index contributed by atoms with van der Waals surface area (Å²) in [6, 6.07) is 8.61. The Morgan fingerprint density at radius 1 is 1.06 bits per heavy atom. The van der Waals surface area contributed by atoms with E-state index in [2.05, 4.69) is 16.0 Å². The van der Waals surface area contributed by atoms with E-state index in [0.717, 1.165) is 28.8 Å². The number of nitrogens with one attached hydrogen (secondary N) is 3. The second kappa shape index (κ2) is 11.5. The molecule has 10 heteroatoms. The van der Waals surface area contributed by atoms with E-state index >= 15 is 0 Å². The van der Waals surface area contributed by atoms with Crippen molar-refractivity contribution in [3.05, 3.63) is 70.3 Å². The highest BCUT2D eigenvalue weighted by molar-refractivity contribution is 5.97. The lowest BCUT2D eigenvalue weighted by Gasteiger charge is -2.16. The zero-order valence-electron chi connectivity index (χ0n) is 18.3. The van der Waals surface area contributed by atoms with Gasteiger partial charge in [0.05, 0.1) is 12.1 Å². The van der Waals surface area contributed by atoms with E-state index in [1.807, 2.05) is 32.0 Å². The van der Waals surface area contributed by atoms with Crippen molar-refractivity contribution in [1.82, 2.24) is 16.0 Å². The summed E-state index contributed by atoms with van der Waals surface area (Å²) in [4.78, 5) is 35.6. The maximum atomic E-state index is 12.8. The topological polar surface area (TPSA) is 108 Å². The largest absolute Gasteiger partial charge is 0.480 e. The third kappa shape index (κ3) is 8.23. The Hall–Kier alpha value is -3.40. The number of carbonyl (C=O) groups excluding carboxylic acids is 2. The Labute approximate surface area is 189 Å². The Morgan fingerprint density at radius 3 is 2.42 bits per heavy atom. The summed E-state index contributed by atoms with van der Waals surface area (Å²) < 4.78 is 38.3. The fourth-order valence-electron chi connectivity index (χ4n) is 3.12. The number of aliphatic carboxylic acids is 1. The number of benzene rings is 2. The lowest BCUT2D eigenvalue weighted by molar-refractivity contribution is -0.141. The molecule has 0 saturated heterocycles. The standard InChI is InChI=1S/C23H26F3N3O4/c1-14-6-7-17(15(2)10-14)12-27-9-8-19(22(32)33)29-20(30)13-28-21(31)16-4-3-5-18(11-16)23(24,25)26/h3-7,10-11,19,27H,8-9,12-13H2,1-2H3,(H,28,31)(H,29,30)(H,32,33)/t19-/m0/s1. The van der Waals surface area contributed by atoms with Crippen LogP contribution in [0.1, 0.15) is 39.0 Å². The summed E-state index contributed by atoms with van der Waals surface area (Å²) in [6.07, 6.45) is -4.50. The van der Waals surface area contributed by atoms with E-state index in [0.29, 0.717) is 19.2 Å². The fraction of sp³-hybridized carbons (Fsp3) is 0.348. The molecule has 1 atom stereocenters. The molecule has 0 bridgehead atoms. The number of hydrogen-bond acceptors (Lipinski definition) is 4. The van der Waals surface area contributed by atoms with Gasteiger partial charge >= 0.3 is 12.1 Å². The molecule has 2 rings (SSSR count). The maximum Gasteiger partial charge on any atom is 0.416 e. The van der Waals surface area contributed by atoms with Gasteiger partial charge in [0.25, 0.3) is 5.91 Å². The average molecular weight is 465 g/mol. The number of carbonyl (C=O) groups is 3. The second-order valence-corrected chi connectivity index (χ2v) is 7.61. The summed E-state index contributed by atoms with van der Waals surface area (Å²) in [7, 11) is 0. The van der Waals surface area contributed by atoms with Crippen molar-refractivity contribution in [2.75, 3.05) is 13.1 Å². The van der Waals surface area contributed by atoms with Crippen LogP contribution in [0, 0.1) is 13.8 Å². The SMILES string of the molecule is Cc1ccc(CNCC[C@H](NC(=O)CNC(=O)c2cccc(C(F)(F)F)c2)C(=O)O)c(C)c1. The van der Waals surface area contributed by atoms with E-state index in [9.17, 15) is 32.7 Å². The normalized spacial score (nSPS) is 12.2.